The van der Waals surface area contributed by atoms with Gasteiger partial charge in [0.05, 0.1) is 5.37 Å². The second-order valence-corrected chi connectivity index (χ2v) is 6.82. The van der Waals surface area contributed by atoms with E-state index in [1.165, 1.54) is 23.6 Å². The van der Waals surface area contributed by atoms with E-state index in [1.54, 1.807) is 13.8 Å². The van der Waals surface area contributed by atoms with Crippen LogP contribution in [-0.2, 0) is 23.9 Å². The monoisotopic (exact) mass is 321 g/mol. The van der Waals surface area contributed by atoms with Crippen LogP contribution in [0.15, 0.2) is 0 Å². The quantitative estimate of drug-likeness (QED) is 0.436. The zero-order valence-electron chi connectivity index (χ0n) is 11.4. The number of hydrogen-bond donors (Lipinski definition) is 0. The molecule has 2 saturated heterocycles. The fraction of sp³-hybridized carbons (Fsp3) is 0.750. The Balaban J connectivity index is 2.03. The number of esters is 2. The fourth-order valence-electron chi connectivity index (χ4n) is 2.38. The number of halogens is 1. The lowest BCUT2D eigenvalue weighted by molar-refractivity contribution is -0.180. The van der Waals surface area contributed by atoms with Crippen LogP contribution in [0.1, 0.15) is 20.8 Å². The Morgan fingerprint density at radius 3 is 2.80 bits per heavy atom. The number of amides is 1. The Kier molecular flexibility index (Phi) is 4.20. The molecule has 6 nitrogen and oxygen atoms in total. The minimum atomic E-state index is -0.766. The average Bonchev–Trinajstić information content (AvgIpc) is 2.76. The molecule has 0 aromatic rings. The molecule has 8 heteroatoms. The molecular weight excluding hydrogens is 306 g/mol. The summed E-state index contributed by atoms with van der Waals surface area (Å²) >= 11 is 7.11. The predicted octanol–water partition coefficient (Wildman–Crippen LogP) is 0.967. The van der Waals surface area contributed by atoms with Crippen molar-refractivity contribution in [3.05, 3.63) is 0 Å². The van der Waals surface area contributed by atoms with Crippen molar-refractivity contribution < 1.29 is 23.9 Å². The molecule has 2 heterocycles. The molecule has 0 aromatic carbocycles. The Hall–Kier alpha value is -0.950. The summed E-state index contributed by atoms with van der Waals surface area (Å²) in [6, 6.07) is -0.607. The Morgan fingerprint density at radius 2 is 2.25 bits per heavy atom. The summed E-state index contributed by atoms with van der Waals surface area (Å²) in [5, 5.41) is -0.169. The van der Waals surface area contributed by atoms with Gasteiger partial charge in [0, 0.05) is 12.7 Å². The van der Waals surface area contributed by atoms with Crippen molar-refractivity contribution in [2.24, 2.45) is 5.41 Å². The lowest BCUT2D eigenvalue weighted by Gasteiger charge is -2.50. The molecular formula is C12H16ClNO5S. The normalized spacial score (nSPS) is 33.2. The van der Waals surface area contributed by atoms with E-state index in [0.29, 0.717) is 5.75 Å². The van der Waals surface area contributed by atoms with Gasteiger partial charge < -0.3 is 14.4 Å². The molecule has 0 spiro atoms. The smallest absolute Gasteiger partial charge is 0.331 e. The maximum absolute atomic E-state index is 12.3. The highest BCUT2D eigenvalue weighted by Crippen LogP contribution is 2.51. The zero-order chi connectivity index (χ0) is 15.1. The van der Waals surface area contributed by atoms with Gasteiger partial charge in [0.25, 0.3) is 0 Å². The van der Waals surface area contributed by atoms with Crippen molar-refractivity contribution in [3.63, 3.8) is 0 Å². The predicted molar refractivity (Wildman–Crippen MR) is 73.0 cm³/mol. The van der Waals surface area contributed by atoms with Gasteiger partial charge in [-0.2, -0.15) is 0 Å². The Morgan fingerprint density at radius 1 is 1.60 bits per heavy atom. The Bertz CT molecular complexity index is 457. The molecule has 1 amide bonds. The largest absolute Gasteiger partial charge is 0.465 e. The van der Waals surface area contributed by atoms with Crippen LogP contribution in [0.4, 0.5) is 0 Å². The molecule has 0 N–H and O–H groups in total. The standard InChI is InChI=1S/C12H16ClNO5S/c1-6(13)19-9(16)8-4-20-11-12(3,5-18-7(2)15)10(17)14(8)11/h6,8,11H,4-5H2,1-3H3/t6?,8-,11-,12-/m1/s1. The first-order valence-electron chi connectivity index (χ1n) is 6.19. The summed E-state index contributed by atoms with van der Waals surface area (Å²) in [4.78, 5) is 36.5. The molecule has 0 saturated carbocycles. The molecule has 4 atom stereocenters. The van der Waals surface area contributed by atoms with Crippen LogP contribution in [0.25, 0.3) is 0 Å². The van der Waals surface area contributed by atoms with Gasteiger partial charge in [0.2, 0.25) is 5.91 Å². The Labute approximate surface area is 126 Å². The van der Waals surface area contributed by atoms with Crippen molar-refractivity contribution >= 4 is 41.2 Å². The van der Waals surface area contributed by atoms with E-state index in [1.807, 2.05) is 0 Å². The van der Waals surface area contributed by atoms with E-state index in [9.17, 15) is 14.4 Å². The van der Waals surface area contributed by atoms with E-state index < -0.39 is 29.0 Å². The number of β-lactam (4-membered cyclic amide) rings is 1. The molecule has 2 aliphatic heterocycles. The summed E-state index contributed by atoms with van der Waals surface area (Å²) in [6.45, 7) is 4.61. The fourth-order valence-corrected chi connectivity index (χ4v) is 4.07. The van der Waals surface area contributed by atoms with Gasteiger partial charge in [0.15, 0.2) is 5.56 Å². The number of alkyl halides is 1. The number of carbonyl (C=O) groups excluding carboxylic acids is 3. The molecule has 1 unspecified atom stereocenters. The third-order valence-corrected chi connectivity index (χ3v) is 5.05. The van der Waals surface area contributed by atoms with Crippen LogP contribution < -0.4 is 0 Å². The van der Waals surface area contributed by atoms with Crippen molar-refractivity contribution in [2.45, 2.75) is 37.8 Å². The number of ether oxygens (including phenoxy) is 2. The van der Waals surface area contributed by atoms with E-state index in [2.05, 4.69) is 0 Å². The summed E-state index contributed by atoms with van der Waals surface area (Å²) in [5.41, 5.74) is -1.49. The topological polar surface area (TPSA) is 72.9 Å². The van der Waals surface area contributed by atoms with Crippen molar-refractivity contribution in [1.82, 2.24) is 4.90 Å². The lowest BCUT2D eigenvalue weighted by Crippen LogP contribution is -2.69. The zero-order valence-corrected chi connectivity index (χ0v) is 13.0. The average molecular weight is 322 g/mol. The third kappa shape index (κ3) is 2.48. The SMILES string of the molecule is CC(=O)OC[C@]1(C)C(=O)N2[C@@H](C(=O)OC(C)Cl)CS[C@@H]21. The van der Waals surface area contributed by atoms with Crippen LogP contribution >= 0.6 is 23.4 Å². The highest BCUT2D eigenvalue weighted by Gasteiger charge is 2.65. The van der Waals surface area contributed by atoms with Crippen LogP contribution in [0.5, 0.6) is 0 Å². The highest BCUT2D eigenvalue weighted by molar-refractivity contribution is 8.00. The summed E-state index contributed by atoms with van der Waals surface area (Å²) in [5.74, 6) is -0.648. The second kappa shape index (κ2) is 5.44. The third-order valence-electron chi connectivity index (χ3n) is 3.39. The molecule has 2 rings (SSSR count). The van der Waals surface area contributed by atoms with Crippen LogP contribution in [0.3, 0.4) is 0 Å². The minimum absolute atomic E-state index is 0.0308. The van der Waals surface area contributed by atoms with Gasteiger partial charge in [-0.05, 0) is 13.8 Å². The van der Waals surface area contributed by atoms with Gasteiger partial charge in [-0.15, -0.1) is 11.8 Å². The van der Waals surface area contributed by atoms with Gasteiger partial charge in [-0.25, -0.2) is 4.79 Å². The number of hydrogen-bond acceptors (Lipinski definition) is 6. The summed E-state index contributed by atoms with van der Waals surface area (Å²) in [6.07, 6.45) is 0. The number of fused-ring (bicyclic) bond motifs is 1. The summed E-state index contributed by atoms with van der Waals surface area (Å²) in [7, 11) is 0. The second-order valence-electron chi connectivity index (χ2n) is 5.09. The molecule has 112 valence electrons. The van der Waals surface area contributed by atoms with Crippen molar-refractivity contribution in [1.29, 1.82) is 0 Å². The van der Waals surface area contributed by atoms with Gasteiger partial charge in [0.1, 0.15) is 18.1 Å². The lowest BCUT2D eigenvalue weighted by atomic mass is 9.80. The molecule has 2 aliphatic rings. The van der Waals surface area contributed by atoms with E-state index in [0.717, 1.165) is 0 Å². The van der Waals surface area contributed by atoms with Crippen molar-refractivity contribution in [2.75, 3.05) is 12.4 Å². The molecule has 0 radical (unpaired) electrons. The first-order valence-corrected chi connectivity index (χ1v) is 7.68. The first kappa shape index (κ1) is 15.4. The van der Waals surface area contributed by atoms with E-state index in [-0.39, 0.29) is 17.9 Å². The molecule has 2 fully saturated rings. The van der Waals surface area contributed by atoms with E-state index >= 15 is 0 Å². The number of rotatable bonds is 4. The van der Waals surface area contributed by atoms with Crippen molar-refractivity contribution in [3.8, 4) is 0 Å². The number of carbonyl (C=O) groups is 3. The number of nitrogens with zero attached hydrogens (tertiary/aromatic N) is 1. The highest BCUT2D eigenvalue weighted by atomic mass is 35.5. The van der Waals surface area contributed by atoms with Crippen LogP contribution in [0.2, 0.25) is 0 Å². The molecule has 0 aliphatic carbocycles. The maximum Gasteiger partial charge on any atom is 0.331 e. The molecule has 20 heavy (non-hydrogen) atoms. The molecule has 0 bridgehead atoms. The number of thioether (sulfide) groups is 1. The van der Waals surface area contributed by atoms with Gasteiger partial charge in [-0.1, -0.05) is 11.6 Å². The molecule has 0 aromatic heterocycles. The van der Waals surface area contributed by atoms with Gasteiger partial charge in [-0.3, -0.25) is 9.59 Å². The van der Waals surface area contributed by atoms with Crippen LogP contribution in [-0.4, -0.2) is 52.1 Å². The summed E-state index contributed by atoms with van der Waals surface area (Å²) < 4.78 is 9.89. The first-order chi connectivity index (χ1) is 9.27. The van der Waals surface area contributed by atoms with Crippen LogP contribution in [0, 0.1) is 5.41 Å². The van der Waals surface area contributed by atoms with Gasteiger partial charge >= 0.3 is 11.9 Å². The minimum Gasteiger partial charge on any atom is -0.465 e. The maximum atomic E-state index is 12.3. The van der Waals surface area contributed by atoms with E-state index in [4.69, 9.17) is 21.1 Å².